The molecule has 0 spiro atoms. The number of amides is 1. The number of nitrogens with one attached hydrogen (secondary N) is 2. The summed E-state index contributed by atoms with van der Waals surface area (Å²) in [4.78, 5) is 11.8. The lowest BCUT2D eigenvalue weighted by Crippen LogP contribution is -2.30. The molecule has 3 nitrogen and oxygen atoms in total. The van der Waals surface area contributed by atoms with Crippen LogP contribution in [0.2, 0.25) is 0 Å². The molecule has 0 aromatic heterocycles. The first-order valence-corrected chi connectivity index (χ1v) is 6.77. The van der Waals surface area contributed by atoms with E-state index in [1.54, 1.807) is 0 Å². The van der Waals surface area contributed by atoms with E-state index in [4.69, 9.17) is 0 Å². The fraction of sp³-hybridized carbons (Fsp3) is 0.533. The lowest BCUT2D eigenvalue weighted by atomic mass is 10.0. The molecule has 1 unspecified atom stereocenters. The summed E-state index contributed by atoms with van der Waals surface area (Å²) < 4.78 is 0. The quantitative estimate of drug-likeness (QED) is 0.829. The number of carbonyl (C=O) groups excluding carboxylic acids is 1. The highest BCUT2D eigenvalue weighted by Gasteiger charge is 2.14. The van der Waals surface area contributed by atoms with Gasteiger partial charge in [0.1, 0.15) is 0 Å². The van der Waals surface area contributed by atoms with Crippen molar-refractivity contribution in [3.8, 4) is 0 Å². The summed E-state index contributed by atoms with van der Waals surface area (Å²) in [5.74, 6) is 0.789. The summed E-state index contributed by atoms with van der Waals surface area (Å²) in [6.07, 6.45) is 2.60. The molecule has 1 heterocycles. The van der Waals surface area contributed by atoms with Crippen LogP contribution in [0.15, 0.2) is 24.3 Å². The number of carbonyl (C=O) groups is 1. The molecule has 98 valence electrons. The van der Waals surface area contributed by atoms with Gasteiger partial charge in [0.05, 0.1) is 0 Å². The highest BCUT2D eigenvalue weighted by Crippen LogP contribution is 2.10. The maximum Gasteiger partial charge on any atom is 0.220 e. The van der Waals surface area contributed by atoms with Crippen LogP contribution in [0, 0.1) is 12.8 Å². The van der Waals surface area contributed by atoms with Crippen molar-refractivity contribution in [3.05, 3.63) is 35.4 Å². The lowest BCUT2D eigenvalue weighted by Gasteiger charge is -2.10. The molecule has 3 heteroatoms. The van der Waals surface area contributed by atoms with Gasteiger partial charge in [-0.25, -0.2) is 0 Å². The molecule has 1 amide bonds. The van der Waals surface area contributed by atoms with E-state index in [2.05, 4.69) is 29.7 Å². The van der Waals surface area contributed by atoms with Crippen molar-refractivity contribution in [2.45, 2.75) is 26.2 Å². The molecule has 0 aliphatic carbocycles. The first-order chi connectivity index (χ1) is 8.75. The Bertz CT molecular complexity index is 397. The largest absolute Gasteiger partial charge is 0.356 e. The molecule has 1 aromatic rings. The zero-order valence-electron chi connectivity index (χ0n) is 11.0. The van der Waals surface area contributed by atoms with Crippen LogP contribution in [-0.2, 0) is 11.2 Å². The normalized spacial score (nSPS) is 18.8. The Morgan fingerprint density at radius 1 is 1.44 bits per heavy atom. The topological polar surface area (TPSA) is 41.1 Å². The molecular formula is C15H22N2O. The van der Waals surface area contributed by atoms with Crippen molar-refractivity contribution in [1.29, 1.82) is 0 Å². The Hall–Kier alpha value is -1.35. The number of rotatable bonds is 5. The van der Waals surface area contributed by atoms with Gasteiger partial charge in [0.25, 0.3) is 0 Å². The van der Waals surface area contributed by atoms with Crippen molar-refractivity contribution < 1.29 is 4.79 Å². The molecule has 1 aliphatic heterocycles. The summed E-state index contributed by atoms with van der Waals surface area (Å²) in [6, 6.07) is 8.26. The summed E-state index contributed by atoms with van der Waals surface area (Å²) in [5, 5.41) is 6.35. The van der Waals surface area contributed by atoms with E-state index >= 15 is 0 Å². The molecule has 1 saturated heterocycles. The maximum atomic E-state index is 11.8. The van der Waals surface area contributed by atoms with Crippen LogP contribution < -0.4 is 10.6 Å². The summed E-state index contributed by atoms with van der Waals surface area (Å²) in [5.41, 5.74) is 2.54. The minimum absolute atomic E-state index is 0.171. The fourth-order valence-electron chi connectivity index (χ4n) is 2.37. The van der Waals surface area contributed by atoms with E-state index in [9.17, 15) is 4.79 Å². The third-order valence-corrected chi connectivity index (χ3v) is 3.63. The van der Waals surface area contributed by atoms with Gasteiger partial charge in [-0.2, -0.15) is 0 Å². The SMILES string of the molecule is Cc1ccccc1CCC(=O)NCC1CCNC1. The predicted octanol–water partition coefficient (Wildman–Crippen LogP) is 1.65. The van der Waals surface area contributed by atoms with Crippen LogP contribution in [0.5, 0.6) is 0 Å². The minimum atomic E-state index is 0.171. The van der Waals surface area contributed by atoms with E-state index in [1.807, 2.05) is 12.1 Å². The van der Waals surface area contributed by atoms with Gasteiger partial charge in [-0.1, -0.05) is 24.3 Å². The number of aryl methyl sites for hydroxylation is 2. The summed E-state index contributed by atoms with van der Waals surface area (Å²) in [7, 11) is 0. The van der Waals surface area contributed by atoms with Crippen molar-refractivity contribution in [1.82, 2.24) is 10.6 Å². The average molecular weight is 246 g/mol. The molecule has 1 atom stereocenters. The molecule has 2 N–H and O–H groups in total. The predicted molar refractivity (Wildman–Crippen MR) is 73.5 cm³/mol. The molecule has 0 radical (unpaired) electrons. The molecular weight excluding hydrogens is 224 g/mol. The van der Waals surface area contributed by atoms with Crippen molar-refractivity contribution in [2.24, 2.45) is 5.92 Å². The third-order valence-electron chi connectivity index (χ3n) is 3.63. The third kappa shape index (κ3) is 3.84. The van der Waals surface area contributed by atoms with Crippen LogP contribution in [0.4, 0.5) is 0 Å². The molecule has 1 fully saturated rings. The fourth-order valence-corrected chi connectivity index (χ4v) is 2.37. The van der Waals surface area contributed by atoms with Crippen LogP contribution in [0.1, 0.15) is 24.0 Å². The van der Waals surface area contributed by atoms with Gasteiger partial charge in [0.2, 0.25) is 5.91 Å². The molecule has 0 saturated carbocycles. The Labute approximate surface area is 109 Å². The molecule has 1 aliphatic rings. The van der Waals surface area contributed by atoms with Crippen molar-refractivity contribution >= 4 is 5.91 Å². The van der Waals surface area contributed by atoms with E-state index in [0.717, 1.165) is 26.1 Å². The highest BCUT2D eigenvalue weighted by molar-refractivity contribution is 5.76. The first-order valence-electron chi connectivity index (χ1n) is 6.77. The van der Waals surface area contributed by atoms with Gasteiger partial charge in [0, 0.05) is 13.0 Å². The van der Waals surface area contributed by atoms with Crippen molar-refractivity contribution in [3.63, 3.8) is 0 Å². The highest BCUT2D eigenvalue weighted by atomic mass is 16.1. The second-order valence-electron chi connectivity index (χ2n) is 5.09. The standard InChI is InChI=1S/C15H22N2O/c1-12-4-2-3-5-14(12)6-7-15(18)17-11-13-8-9-16-10-13/h2-5,13,16H,6-11H2,1H3,(H,17,18). The van der Waals surface area contributed by atoms with Crippen LogP contribution in [0.25, 0.3) is 0 Å². The smallest absolute Gasteiger partial charge is 0.220 e. The van der Waals surface area contributed by atoms with Crippen LogP contribution >= 0.6 is 0 Å². The van der Waals surface area contributed by atoms with E-state index in [0.29, 0.717) is 12.3 Å². The van der Waals surface area contributed by atoms with E-state index < -0.39 is 0 Å². The number of benzene rings is 1. The molecule has 18 heavy (non-hydrogen) atoms. The summed E-state index contributed by atoms with van der Waals surface area (Å²) in [6.45, 7) is 5.04. The Balaban J connectivity index is 1.69. The zero-order valence-corrected chi connectivity index (χ0v) is 11.0. The van der Waals surface area contributed by atoms with Crippen LogP contribution in [0.3, 0.4) is 0 Å². The zero-order chi connectivity index (χ0) is 12.8. The van der Waals surface area contributed by atoms with Gasteiger partial charge < -0.3 is 10.6 Å². The molecule has 1 aromatic carbocycles. The van der Waals surface area contributed by atoms with Gasteiger partial charge in [-0.05, 0) is 49.9 Å². The average Bonchev–Trinajstić information content (AvgIpc) is 2.88. The van der Waals surface area contributed by atoms with Crippen LogP contribution in [-0.4, -0.2) is 25.5 Å². The maximum absolute atomic E-state index is 11.8. The van der Waals surface area contributed by atoms with Gasteiger partial charge >= 0.3 is 0 Å². The van der Waals surface area contributed by atoms with E-state index in [-0.39, 0.29) is 5.91 Å². The molecule has 2 rings (SSSR count). The summed E-state index contributed by atoms with van der Waals surface area (Å²) >= 11 is 0. The van der Waals surface area contributed by atoms with Gasteiger partial charge in [0.15, 0.2) is 0 Å². The lowest BCUT2D eigenvalue weighted by molar-refractivity contribution is -0.121. The second kappa shape index (κ2) is 6.55. The second-order valence-corrected chi connectivity index (χ2v) is 5.09. The van der Waals surface area contributed by atoms with Gasteiger partial charge in [-0.15, -0.1) is 0 Å². The Morgan fingerprint density at radius 3 is 3.00 bits per heavy atom. The Morgan fingerprint density at radius 2 is 2.28 bits per heavy atom. The minimum Gasteiger partial charge on any atom is -0.356 e. The number of hydrogen-bond acceptors (Lipinski definition) is 2. The monoisotopic (exact) mass is 246 g/mol. The number of hydrogen-bond donors (Lipinski definition) is 2. The van der Waals surface area contributed by atoms with E-state index in [1.165, 1.54) is 17.5 Å². The Kier molecular flexibility index (Phi) is 4.76. The molecule has 0 bridgehead atoms. The van der Waals surface area contributed by atoms with Crippen molar-refractivity contribution in [2.75, 3.05) is 19.6 Å². The van der Waals surface area contributed by atoms with Gasteiger partial charge in [-0.3, -0.25) is 4.79 Å². The first kappa shape index (κ1) is 13.1.